The fraction of sp³-hybridized carbons (Fsp3) is 0.353. The number of hydrogen-bond donors (Lipinski definition) is 2. The van der Waals surface area contributed by atoms with Gasteiger partial charge in [-0.3, -0.25) is 5.41 Å². The molecule has 0 saturated heterocycles. The molecule has 0 aromatic heterocycles. The predicted octanol–water partition coefficient (Wildman–Crippen LogP) is 2.99. The van der Waals surface area contributed by atoms with Crippen molar-refractivity contribution >= 4 is 22.3 Å². The second-order valence-corrected chi connectivity index (χ2v) is 4.87. The molecule has 0 aliphatic heterocycles. The first kappa shape index (κ1) is 15.3. The van der Waals surface area contributed by atoms with Crippen molar-refractivity contribution in [2.75, 3.05) is 31.2 Å². The van der Waals surface area contributed by atoms with E-state index in [9.17, 15) is 0 Å². The van der Waals surface area contributed by atoms with Crippen molar-refractivity contribution in [3.63, 3.8) is 0 Å². The Morgan fingerprint density at radius 3 is 2.48 bits per heavy atom. The maximum absolute atomic E-state index is 7.72. The zero-order chi connectivity index (χ0) is 15.2. The largest absolute Gasteiger partial charge is 0.384 e. The first-order valence-corrected chi connectivity index (χ1v) is 7.37. The van der Waals surface area contributed by atoms with E-state index >= 15 is 0 Å². The summed E-state index contributed by atoms with van der Waals surface area (Å²) in [6.45, 7) is 7.37. The fourth-order valence-electron chi connectivity index (χ4n) is 2.56. The van der Waals surface area contributed by atoms with E-state index in [2.05, 4.69) is 24.0 Å². The van der Waals surface area contributed by atoms with Gasteiger partial charge in [0, 0.05) is 36.3 Å². The predicted molar refractivity (Wildman–Crippen MR) is 89.3 cm³/mol. The molecule has 4 nitrogen and oxygen atoms in total. The van der Waals surface area contributed by atoms with Crippen LogP contribution in [0.1, 0.15) is 19.4 Å². The van der Waals surface area contributed by atoms with Gasteiger partial charge in [0.15, 0.2) is 0 Å². The van der Waals surface area contributed by atoms with Crippen molar-refractivity contribution < 1.29 is 4.74 Å². The lowest BCUT2D eigenvalue weighted by Gasteiger charge is -2.25. The number of nitrogens with two attached hydrogens (primary N) is 1. The average molecular weight is 285 g/mol. The number of amidine groups is 1. The van der Waals surface area contributed by atoms with Crippen molar-refractivity contribution in [3.05, 3.63) is 42.0 Å². The topological polar surface area (TPSA) is 62.3 Å². The second kappa shape index (κ2) is 7.09. The molecule has 0 fully saturated rings. The van der Waals surface area contributed by atoms with Gasteiger partial charge < -0.3 is 15.4 Å². The van der Waals surface area contributed by atoms with Crippen LogP contribution in [-0.2, 0) is 4.74 Å². The highest BCUT2D eigenvalue weighted by Crippen LogP contribution is 2.29. The molecule has 0 radical (unpaired) electrons. The number of hydrogen-bond acceptors (Lipinski definition) is 3. The first-order chi connectivity index (χ1) is 10.2. The Labute approximate surface area is 126 Å². The molecule has 2 aromatic rings. The van der Waals surface area contributed by atoms with E-state index in [0.717, 1.165) is 41.7 Å². The summed E-state index contributed by atoms with van der Waals surface area (Å²) in [5.41, 5.74) is 7.64. The van der Waals surface area contributed by atoms with Crippen molar-refractivity contribution in [1.29, 1.82) is 5.41 Å². The Morgan fingerprint density at radius 2 is 1.86 bits per heavy atom. The van der Waals surface area contributed by atoms with E-state index in [0.29, 0.717) is 6.61 Å². The number of fused-ring (bicyclic) bond motifs is 1. The third-order valence-corrected chi connectivity index (χ3v) is 3.62. The summed E-state index contributed by atoms with van der Waals surface area (Å²) in [6, 6.07) is 12.1. The number of likely N-dealkylation sites (N-methyl/N-ethyl adjacent to an activating group) is 1. The molecule has 0 amide bonds. The monoisotopic (exact) mass is 285 g/mol. The molecule has 4 heteroatoms. The van der Waals surface area contributed by atoms with Crippen LogP contribution in [0.3, 0.4) is 0 Å². The summed E-state index contributed by atoms with van der Waals surface area (Å²) in [5, 5.41) is 9.87. The van der Waals surface area contributed by atoms with E-state index < -0.39 is 0 Å². The summed E-state index contributed by atoms with van der Waals surface area (Å²) < 4.78 is 5.47. The molecule has 0 spiro atoms. The molecular formula is C17H23N3O. The van der Waals surface area contributed by atoms with Gasteiger partial charge in [-0.25, -0.2) is 0 Å². The molecule has 112 valence electrons. The Kier molecular flexibility index (Phi) is 5.17. The van der Waals surface area contributed by atoms with Gasteiger partial charge in [-0.15, -0.1) is 0 Å². The van der Waals surface area contributed by atoms with Gasteiger partial charge in [0.1, 0.15) is 5.84 Å². The average Bonchev–Trinajstić information content (AvgIpc) is 2.51. The van der Waals surface area contributed by atoms with E-state index in [1.54, 1.807) is 0 Å². The van der Waals surface area contributed by atoms with E-state index in [1.165, 1.54) is 0 Å². The van der Waals surface area contributed by atoms with Crippen molar-refractivity contribution in [1.82, 2.24) is 0 Å². The third kappa shape index (κ3) is 3.34. The van der Waals surface area contributed by atoms with Crippen LogP contribution in [0, 0.1) is 5.41 Å². The minimum Gasteiger partial charge on any atom is -0.384 e. The number of rotatable bonds is 7. The number of ether oxygens (including phenoxy) is 1. The van der Waals surface area contributed by atoms with Gasteiger partial charge in [0.05, 0.1) is 6.61 Å². The Morgan fingerprint density at radius 1 is 1.14 bits per heavy atom. The number of nitrogens with zero attached hydrogens (tertiary/aromatic N) is 1. The first-order valence-electron chi connectivity index (χ1n) is 7.37. The highest BCUT2D eigenvalue weighted by atomic mass is 16.5. The van der Waals surface area contributed by atoms with Crippen LogP contribution < -0.4 is 10.6 Å². The van der Waals surface area contributed by atoms with Crippen LogP contribution >= 0.6 is 0 Å². The molecule has 0 aliphatic rings. The normalized spacial score (nSPS) is 10.8. The van der Waals surface area contributed by atoms with Gasteiger partial charge in [-0.1, -0.05) is 24.3 Å². The zero-order valence-electron chi connectivity index (χ0n) is 12.7. The van der Waals surface area contributed by atoms with Crippen LogP contribution in [0.5, 0.6) is 0 Å². The molecule has 0 heterocycles. The van der Waals surface area contributed by atoms with Gasteiger partial charge in [0.2, 0.25) is 0 Å². The van der Waals surface area contributed by atoms with Gasteiger partial charge in [0.25, 0.3) is 0 Å². The molecular weight excluding hydrogens is 262 g/mol. The number of anilines is 1. The molecule has 0 unspecified atom stereocenters. The lowest BCUT2D eigenvalue weighted by Crippen LogP contribution is -2.27. The Bertz CT molecular complexity index is 624. The Hall–Kier alpha value is -2.07. The third-order valence-electron chi connectivity index (χ3n) is 3.62. The maximum atomic E-state index is 7.72. The number of benzene rings is 2. The maximum Gasteiger partial charge on any atom is 0.123 e. The van der Waals surface area contributed by atoms with Gasteiger partial charge >= 0.3 is 0 Å². The smallest absolute Gasteiger partial charge is 0.123 e. The number of nitrogen functional groups attached to an aromatic ring is 1. The summed E-state index contributed by atoms with van der Waals surface area (Å²) in [4.78, 5) is 2.29. The summed E-state index contributed by atoms with van der Waals surface area (Å²) >= 11 is 0. The van der Waals surface area contributed by atoms with Crippen molar-refractivity contribution in [3.8, 4) is 0 Å². The summed E-state index contributed by atoms with van der Waals surface area (Å²) in [5.74, 6) is 0.107. The lowest BCUT2D eigenvalue weighted by atomic mass is 10.0. The summed E-state index contributed by atoms with van der Waals surface area (Å²) in [6.07, 6.45) is 0. The van der Waals surface area contributed by atoms with Gasteiger partial charge in [-0.2, -0.15) is 0 Å². The Balaban J connectivity index is 2.44. The second-order valence-electron chi connectivity index (χ2n) is 4.87. The van der Waals surface area contributed by atoms with Gasteiger partial charge in [-0.05, 0) is 31.4 Å². The quantitative estimate of drug-likeness (QED) is 0.467. The van der Waals surface area contributed by atoms with Crippen molar-refractivity contribution in [2.24, 2.45) is 5.73 Å². The summed E-state index contributed by atoms with van der Waals surface area (Å²) in [7, 11) is 0. The van der Waals surface area contributed by atoms with Crippen LogP contribution in [0.25, 0.3) is 10.8 Å². The highest BCUT2D eigenvalue weighted by molar-refractivity contribution is 6.10. The van der Waals surface area contributed by atoms with E-state index in [-0.39, 0.29) is 5.84 Å². The zero-order valence-corrected chi connectivity index (χ0v) is 12.7. The van der Waals surface area contributed by atoms with Crippen LogP contribution in [0.4, 0.5) is 5.69 Å². The molecule has 3 N–H and O–H groups in total. The molecule has 0 atom stereocenters. The SMILES string of the molecule is CCOCCN(CC)c1ccc(C(=N)N)c2ccccc12. The number of nitrogens with one attached hydrogen (secondary N) is 1. The molecule has 0 aliphatic carbocycles. The molecule has 0 bridgehead atoms. The molecule has 0 saturated carbocycles. The fourth-order valence-corrected chi connectivity index (χ4v) is 2.56. The van der Waals surface area contributed by atoms with Crippen LogP contribution in [0.2, 0.25) is 0 Å². The van der Waals surface area contributed by atoms with Crippen molar-refractivity contribution in [2.45, 2.75) is 13.8 Å². The molecule has 2 aromatic carbocycles. The standard InChI is InChI=1S/C17H23N3O/c1-3-20(11-12-21-4-2)16-10-9-15(17(18)19)13-7-5-6-8-14(13)16/h5-10H,3-4,11-12H2,1-2H3,(H3,18,19). The minimum atomic E-state index is 0.107. The van der Waals surface area contributed by atoms with E-state index in [1.807, 2.05) is 31.2 Å². The van der Waals surface area contributed by atoms with Crippen LogP contribution in [0.15, 0.2) is 36.4 Å². The highest BCUT2D eigenvalue weighted by Gasteiger charge is 2.12. The lowest BCUT2D eigenvalue weighted by molar-refractivity contribution is 0.154. The molecule has 21 heavy (non-hydrogen) atoms. The van der Waals surface area contributed by atoms with Crippen LogP contribution in [-0.4, -0.2) is 32.1 Å². The molecule has 2 rings (SSSR count). The minimum absolute atomic E-state index is 0.107. The van der Waals surface area contributed by atoms with E-state index in [4.69, 9.17) is 15.9 Å².